The third-order valence-electron chi connectivity index (χ3n) is 1.68. The standard InChI is InChI=1S/C7H13N3O2/c8-7(12)10-6(11)4-9-3-5-1-2-5/h5,9H,1-4H2,(H3,8,10,11,12). The van der Waals surface area contributed by atoms with Gasteiger partial charge >= 0.3 is 6.03 Å². The Hall–Kier alpha value is -1.10. The van der Waals surface area contributed by atoms with Gasteiger partial charge in [-0.3, -0.25) is 10.1 Å². The summed E-state index contributed by atoms with van der Waals surface area (Å²) >= 11 is 0. The molecule has 0 heterocycles. The normalized spacial score (nSPS) is 15.7. The van der Waals surface area contributed by atoms with Crippen molar-refractivity contribution < 1.29 is 9.59 Å². The minimum atomic E-state index is -0.798. The third kappa shape index (κ3) is 3.92. The van der Waals surface area contributed by atoms with Gasteiger partial charge in [-0.2, -0.15) is 0 Å². The van der Waals surface area contributed by atoms with E-state index in [9.17, 15) is 9.59 Å². The molecule has 4 N–H and O–H groups in total. The average molecular weight is 171 g/mol. The number of urea groups is 1. The Morgan fingerprint density at radius 1 is 1.42 bits per heavy atom. The maximum Gasteiger partial charge on any atom is 0.318 e. The van der Waals surface area contributed by atoms with Gasteiger partial charge in [0.2, 0.25) is 5.91 Å². The Bertz CT molecular complexity index is 189. The van der Waals surface area contributed by atoms with Crippen LogP contribution in [0.25, 0.3) is 0 Å². The number of nitrogens with one attached hydrogen (secondary N) is 2. The SMILES string of the molecule is NC(=O)NC(=O)CNCC1CC1. The number of hydrogen-bond donors (Lipinski definition) is 3. The summed E-state index contributed by atoms with van der Waals surface area (Å²) in [5.41, 5.74) is 4.74. The highest BCUT2D eigenvalue weighted by Gasteiger charge is 2.20. The van der Waals surface area contributed by atoms with E-state index in [0.29, 0.717) is 0 Å². The molecule has 1 fully saturated rings. The van der Waals surface area contributed by atoms with Crippen LogP contribution in [0.5, 0.6) is 0 Å². The number of hydrogen-bond acceptors (Lipinski definition) is 3. The van der Waals surface area contributed by atoms with Gasteiger partial charge in [0.25, 0.3) is 0 Å². The lowest BCUT2D eigenvalue weighted by Crippen LogP contribution is -2.40. The van der Waals surface area contributed by atoms with Gasteiger partial charge in [0.1, 0.15) is 0 Å². The molecular formula is C7H13N3O2. The number of primary amides is 1. The molecule has 0 spiro atoms. The second-order valence-electron chi connectivity index (χ2n) is 2.99. The number of carbonyl (C=O) groups excluding carboxylic acids is 2. The van der Waals surface area contributed by atoms with Gasteiger partial charge in [-0.15, -0.1) is 0 Å². The van der Waals surface area contributed by atoms with Gasteiger partial charge in [0, 0.05) is 0 Å². The molecule has 5 heteroatoms. The first-order valence-corrected chi connectivity index (χ1v) is 3.98. The highest BCUT2D eigenvalue weighted by atomic mass is 16.2. The quantitative estimate of drug-likeness (QED) is 0.516. The van der Waals surface area contributed by atoms with Crippen LogP contribution in [0.2, 0.25) is 0 Å². The van der Waals surface area contributed by atoms with E-state index in [4.69, 9.17) is 5.73 Å². The molecule has 12 heavy (non-hydrogen) atoms. The summed E-state index contributed by atoms with van der Waals surface area (Å²) in [5.74, 6) is 0.356. The summed E-state index contributed by atoms with van der Waals surface area (Å²) in [7, 11) is 0. The fourth-order valence-electron chi connectivity index (χ4n) is 0.893. The molecule has 0 aliphatic heterocycles. The van der Waals surface area contributed by atoms with Gasteiger partial charge in [-0.05, 0) is 25.3 Å². The van der Waals surface area contributed by atoms with Crippen LogP contribution in [-0.4, -0.2) is 25.0 Å². The summed E-state index contributed by atoms with van der Waals surface area (Å²) in [6, 6.07) is -0.798. The number of imide groups is 1. The summed E-state index contributed by atoms with van der Waals surface area (Å²) in [4.78, 5) is 21.0. The molecular weight excluding hydrogens is 158 g/mol. The van der Waals surface area contributed by atoms with E-state index >= 15 is 0 Å². The van der Waals surface area contributed by atoms with Crippen LogP contribution in [-0.2, 0) is 4.79 Å². The number of amides is 3. The Morgan fingerprint density at radius 2 is 2.08 bits per heavy atom. The first-order valence-electron chi connectivity index (χ1n) is 3.98. The zero-order valence-corrected chi connectivity index (χ0v) is 6.80. The second-order valence-corrected chi connectivity index (χ2v) is 2.99. The molecule has 68 valence electrons. The first kappa shape index (κ1) is 8.99. The molecule has 1 rings (SSSR count). The molecule has 0 saturated heterocycles. The predicted molar refractivity (Wildman–Crippen MR) is 43.3 cm³/mol. The molecule has 0 aromatic rings. The Balaban J connectivity index is 1.97. The van der Waals surface area contributed by atoms with Crippen molar-refractivity contribution in [2.45, 2.75) is 12.8 Å². The van der Waals surface area contributed by atoms with Crippen LogP contribution in [0.3, 0.4) is 0 Å². The first-order chi connectivity index (χ1) is 5.68. The van der Waals surface area contributed by atoms with E-state index in [1.165, 1.54) is 12.8 Å². The molecule has 1 aliphatic rings. The van der Waals surface area contributed by atoms with Crippen LogP contribution in [0, 0.1) is 5.92 Å². The van der Waals surface area contributed by atoms with Gasteiger partial charge in [0.05, 0.1) is 6.54 Å². The summed E-state index contributed by atoms with van der Waals surface area (Å²) in [6.07, 6.45) is 2.48. The van der Waals surface area contributed by atoms with E-state index < -0.39 is 6.03 Å². The number of nitrogens with two attached hydrogens (primary N) is 1. The summed E-state index contributed by atoms with van der Waals surface area (Å²) in [6.45, 7) is 1.02. The van der Waals surface area contributed by atoms with Crippen molar-refractivity contribution >= 4 is 11.9 Å². The fraction of sp³-hybridized carbons (Fsp3) is 0.714. The van der Waals surface area contributed by atoms with E-state index in [0.717, 1.165) is 12.5 Å². The van der Waals surface area contributed by atoms with Crippen LogP contribution >= 0.6 is 0 Å². The Morgan fingerprint density at radius 3 is 2.58 bits per heavy atom. The van der Waals surface area contributed by atoms with Crippen molar-refractivity contribution in [3.63, 3.8) is 0 Å². The van der Waals surface area contributed by atoms with Crippen molar-refractivity contribution in [2.24, 2.45) is 11.7 Å². The summed E-state index contributed by atoms with van der Waals surface area (Å²) < 4.78 is 0. The van der Waals surface area contributed by atoms with Crippen molar-refractivity contribution in [1.29, 1.82) is 0 Å². The smallest absolute Gasteiger partial charge is 0.318 e. The molecule has 0 bridgehead atoms. The molecule has 0 atom stereocenters. The van der Waals surface area contributed by atoms with Crippen LogP contribution < -0.4 is 16.4 Å². The third-order valence-corrected chi connectivity index (χ3v) is 1.68. The van der Waals surface area contributed by atoms with Crippen molar-refractivity contribution in [3.05, 3.63) is 0 Å². The predicted octanol–water partition coefficient (Wildman–Crippen LogP) is -0.819. The minimum Gasteiger partial charge on any atom is -0.351 e. The van der Waals surface area contributed by atoms with E-state index in [1.54, 1.807) is 0 Å². The molecule has 0 unspecified atom stereocenters. The van der Waals surface area contributed by atoms with E-state index in [2.05, 4.69) is 5.32 Å². The Kier molecular flexibility index (Phi) is 3.04. The van der Waals surface area contributed by atoms with E-state index in [-0.39, 0.29) is 12.5 Å². The molecule has 5 nitrogen and oxygen atoms in total. The zero-order chi connectivity index (χ0) is 8.97. The molecule has 3 amide bonds. The average Bonchev–Trinajstić information content (AvgIpc) is 2.69. The highest BCUT2D eigenvalue weighted by molar-refractivity contribution is 5.94. The molecule has 0 radical (unpaired) electrons. The van der Waals surface area contributed by atoms with Crippen LogP contribution in [0.15, 0.2) is 0 Å². The highest BCUT2D eigenvalue weighted by Crippen LogP contribution is 2.27. The second kappa shape index (κ2) is 4.06. The maximum atomic E-state index is 10.8. The van der Waals surface area contributed by atoms with E-state index in [1.807, 2.05) is 5.32 Å². The summed E-state index contributed by atoms with van der Waals surface area (Å²) in [5, 5.41) is 4.91. The molecule has 0 aromatic carbocycles. The van der Waals surface area contributed by atoms with Gasteiger partial charge < -0.3 is 11.1 Å². The van der Waals surface area contributed by atoms with Gasteiger partial charge in [-0.1, -0.05) is 0 Å². The van der Waals surface area contributed by atoms with Crippen LogP contribution in [0.4, 0.5) is 4.79 Å². The van der Waals surface area contributed by atoms with Crippen molar-refractivity contribution in [2.75, 3.05) is 13.1 Å². The number of rotatable bonds is 4. The number of carbonyl (C=O) groups is 2. The lowest BCUT2D eigenvalue weighted by atomic mass is 10.4. The van der Waals surface area contributed by atoms with Gasteiger partial charge in [0.15, 0.2) is 0 Å². The van der Waals surface area contributed by atoms with Gasteiger partial charge in [-0.25, -0.2) is 4.79 Å². The van der Waals surface area contributed by atoms with Crippen molar-refractivity contribution in [3.8, 4) is 0 Å². The Labute approximate surface area is 70.7 Å². The molecule has 1 saturated carbocycles. The maximum absolute atomic E-state index is 10.8. The monoisotopic (exact) mass is 171 g/mol. The zero-order valence-electron chi connectivity index (χ0n) is 6.80. The minimum absolute atomic E-state index is 0.166. The lowest BCUT2D eigenvalue weighted by molar-refractivity contribution is -0.119. The molecule has 0 aromatic heterocycles. The van der Waals surface area contributed by atoms with Crippen molar-refractivity contribution in [1.82, 2.24) is 10.6 Å². The lowest BCUT2D eigenvalue weighted by Gasteiger charge is -2.01. The molecule has 1 aliphatic carbocycles. The topological polar surface area (TPSA) is 84.2 Å². The largest absolute Gasteiger partial charge is 0.351 e. The van der Waals surface area contributed by atoms with Crippen LogP contribution in [0.1, 0.15) is 12.8 Å². The fourth-order valence-corrected chi connectivity index (χ4v) is 0.893.